The van der Waals surface area contributed by atoms with Gasteiger partial charge in [-0.15, -0.1) is 0 Å². The molecule has 0 bridgehead atoms. The van der Waals surface area contributed by atoms with Gasteiger partial charge in [0.1, 0.15) is 19.6 Å². The summed E-state index contributed by atoms with van der Waals surface area (Å²) in [6.45, 7) is 10.1. The Morgan fingerprint density at radius 1 is 0.286 bits per heavy atom. The highest BCUT2D eigenvalue weighted by Gasteiger charge is 2.19. The van der Waals surface area contributed by atoms with Crippen LogP contribution in [0.25, 0.3) is 11.1 Å². The standard InChI is InChI=1S/C53H80N3/c1-4-7-10-13-16-19-22-28-39-54-42-33-49(34-43-54)52(48-31-26-25-27-32-48)53(50-35-44-55(45-36-50)40-29-23-20-17-14-11-8-5-2)51-37-46-56(47-38-51)41-30-24-21-18-15-12-9-6-3/h25-27,31-38,42-47H,4-24,28-30,39-41H2,1-3H3/q+3. The van der Waals surface area contributed by atoms with Gasteiger partial charge in [0.2, 0.25) is 0 Å². The van der Waals surface area contributed by atoms with Crippen LogP contribution in [0.2, 0.25) is 0 Å². The summed E-state index contributed by atoms with van der Waals surface area (Å²) in [7, 11) is 0. The first-order valence-electron chi connectivity index (χ1n) is 23.5. The molecule has 3 heterocycles. The zero-order valence-corrected chi connectivity index (χ0v) is 36.2. The van der Waals surface area contributed by atoms with Crippen LogP contribution in [0.5, 0.6) is 0 Å². The normalized spacial score (nSPS) is 11.3. The van der Waals surface area contributed by atoms with Gasteiger partial charge >= 0.3 is 0 Å². The Morgan fingerprint density at radius 3 is 0.786 bits per heavy atom. The fourth-order valence-corrected chi connectivity index (χ4v) is 8.12. The molecule has 0 fully saturated rings. The first-order valence-corrected chi connectivity index (χ1v) is 23.5. The molecule has 3 nitrogen and oxygen atoms in total. The summed E-state index contributed by atoms with van der Waals surface area (Å²) in [5, 5.41) is 0. The van der Waals surface area contributed by atoms with E-state index in [0.717, 1.165) is 19.6 Å². The maximum Gasteiger partial charge on any atom is 0.169 e. The maximum atomic E-state index is 2.39. The molecule has 56 heavy (non-hydrogen) atoms. The highest BCUT2D eigenvalue weighted by molar-refractivity contribution is 6.04. The van der Waals surface area contributed by atoms with Crippen molar-refractivity contribution in [2.45, 2.75) is 195 Å². The smallest absolute Gasteiger partial charge is 0.169 e. The topological polar surface area (TPSA) is 11.6 Å². The van der Waals surface area contributed by atoms with Crippen molar-refractivity contribution in [1.29, 1.82) is 0 Å². The van der Waals surface area contributed by atoms with Crippen molar-refractivity contribution >= 4 is 11.1 Å². The minimum Gasteiger partial charge on any atom is -0.205 e. The molecule has 4 aromatic rings. The van der Waals surface area contributed by atoms with E-state index in [2.05, 4.69) is 138 Å². The SMILES string of the molecule is CCCCCCCCCC[n+]1ccc(C(=C(c2cc[n+](CCCCCCCCCC)cc2)c2cc[n+](CCCCCCCCCC)cc2)c2ccccc2)cc1. The minimum absolute atomic E-state index is 1.08. The summed E-state index contributed by atoms with van der Waals surface area (Å²) in [6, 6.07) is 25.2. The van der Waals surface area contributed by atoms with Crippen LogP contribution < -0.4 is 13.7 Å². The average molecular weight is 759 g/mol. The van der Waals surface area contributed by atoms with Crippen molar-refractivity contribution in [1.82, 2.24) is 0 Å². The molecular formula is C53H80N3+3. The van der Waals surface area contributed by atoms with E-state index in [0.29, 0.717) is 0 Å². The number of aryl methyl sites for hydroxylation is 3. The molecule has 0 aliphatic carbocycles. The van der Waals surface area contributed by atoms with E-state index in [1.54, 1.807) is 0 Å². The van der Waals surface area contributed by atoms with Crippen molar-refractivity contribution in [3.05, 3.63) is 126 Å². The second-order valence-corrected chi connectivity index (χ2v) is 16.5. The molecule has 0 saturated heterocycles. The Hall–Kier alpha value is -3.59. The van der Waals surface area contributed by atoms with Gasteiger partial charge in [0.25, 0.3) is 0 Å². The quantitative estimate of drug-likeness (QED) is 0.0358. The van der Waals surface area contributed by atoms with E-state index in [-0.39, 0.29) is 0 Å². The van der Waals surface area contributed by atoms with Crippen LogP contribution in [0.15, 0.2) is 104 Å². The first-order chi connectivity index (χ1) is 27.7. The second-order valence-electron chi connectivity index (χ2n) is 16.5. The van der Waals surface area contributed by atoms with Crippen molar-refractivity contribution in [3.8, 4) is 0 Å². The van der Waals surface area contributed by atoms with Gasteiger partial charge in [-0.25, -0.2) is 13.7 Å². The number of nitrogens with zero attached hydrogens (tertiary/aromatic N) is 3. The van der Waals surface area contributed by atoms with Crippen LogP contribution in [0, 0.1) is 0 Å². The van der Waals surface area contributed by atoms with E-state index in [9.17, 15) is 0 Å². The molecule has 0 spiro atoms. The summed E-state index contributed by atoms with van der Waals surface area (Å²) in [5.41, 5.74) is 7.67. The molecule has 3 heteroatoms. The summed E-state index contributed by atoms with van der Waals surface area (Å²) in [4.78, 5) is 0. The lowest BCUT2D eigenvalue weighted by molar-refractivity contribution is -0.697. The molecule has 0 aliphatic rings. The fourth-order valence-electron chi connectivity index (χ4n) is 8.12. The van der Waals surface area contributed by atoms with Crippen molar-refractivity contribution in [2.24, 2.45) is 0 Å². The Bertz CT molecular complexity index is 1510. The van der Waals surface area contributed by atoms with Crippen LogP contribution in [0.1, 0.15) is 197 Å². The molecule has 0 amide bonds. The molecule has 4 rings (SSSR count). The molecule has 0 radical (unpaired) electrons. The van der Waals surface area contributed by atoms with E-state index in [4.69, 9.17) is 0 Å². The number of hydrogen-bond donors (Lipinski definition) is 0. The second kappa shape index (κ2) is 28.7. The lowest BCUT2D eigenvalue weighted by Gasteiger charge is -2.17. The monoisotopic (exact) mass is 759 g/mol. The van der Waals surface area contributed by atoms with E-state index in [1.165, 1.54) is 187 Å². The summed E-state index contributed by atoms with van der Waals surface area (Å²) in [5.74, 6) is 0. The lowest BCUT2D eigenvalue weighted by Crippen LogP contribution is -2.33. The van der Waals surface area contributed by atoms with Gasteiger partial charge in [-0.2, -0.15) is 0 Å². The zero-order chi connectivity index (χ0) is 39.3. The Kier molecular flexibility index (Phi) is 23.2. The molecule has 0 saturated carbocycles. The van der Waals surface area contributed by atoms with Crippen molar-refractivity contribution in [2.75, 3.05) is 0 Å². The number of rotatable bonds is 31. The van der Waals surface area contributed by atoms with E-state index in [1.807, 2.05) is 0 Å². The van der Waals surface area contributed by atoms with Crippen LogP contribution in [-0.4, -0.2) is 0 Å². The van der Waals surface area contributed by atoms with Crippen LogP contribution >= 0.6 is 0 Å². The minimum atomic E-state index is 1.08. The lowest BCUT2D eigenvalue weighted by atomic mass is 9.86. The van der Waals surface area contributed by atoms with Crippen LogP contribution in [0.3, 0.4) is 0 Å². The average Bonchev–Trinajstić information content (AvgIpc) is 3.24. The molecule has 0 unspecified atom stereocenters. The highest BCUT2D eigenvalue weighted by atomic mass is 14.9. The van der Waals surface area contributed by atoms with Gasteiger partial charge in [0.15, 0.2) is 37.2 Å². The Labute approximate surface area is 344 Å². The Morgan fingerprint density at radius 2 is 0.518 bits per heavy atom. The molecule has 0 atom stereocenters. The number of pyridine rings is 3. The third-order valence-electron chi connectivity index (χ3n) is 11.7. The van der Waals surface area contributed by atoms with Crippen molar-refractivity contribution < 1.29 is 13.7 Å². The highest BCUT2D eigenvalue weighted by Crippen LogP contribution is 2.36. The maximum absolute atomic E-state index is 2.39. The third kappa shape index (κ3) is 17.3. The fraction of sp³-hybridized carbons (Fsp3) is 0.566. The van der Waals surface area contributed by atoms with Gasteiger partial charge < -0.3 is 0 Å². The van der Waals surface area contributed by atoms with Crippen molar-refractivity contribution in [3.63, 3.8) is 0 Å². The Balaban J connectivity index is 1.54. The van der Waals surface area contributed by atoms with Gasteiger partial charge in [0, 0.05) is 55.7 Å². The third-order valence-corrected chi connectivity index (χ3v) is 11.7. The largest absolute Gasteiger partial charge is 0.205 e. The van der Waals surface area contributed by atoms with Gasteiger partial charge in [-0.3, -0.25) is 0 Å². The number of aromatic nitrogens is 3. The number of hydrogen-bond acceptors (Lipinski definition) is 0. The van der Waals surface area contributed by atoms with E-state index >= 15 is 0 Å². The summed E-state index contributed by atoms with van der Waals surface area (Å²) < 4.78 is 7.16. The van der Waals surface area contributed by atoms with Gasteiger partial charge in [0.05, 0.1) is 0 Å². The first kappa shape index (κ1) is 45.1. The molecule has 304 valence electrons. The van der Waals surface area contributed by atoms with E-state index < -0.39 is 0 Å². The molecule has 0 N–H and O–H groups in total. The summed E-state index contributed by atoms with van der Waals surface area (Å²) >= 11 is 0. The predicted molar refractivity (Wildman–Crippen MR) is 239 cm³/mol. The number of benzene rings is 1. The zero-order valence-electron chi connectivity index (χ0n) is 36.2. The predicted octanol–water partition coefficient (Wildman–Crippen LogP) is 14.0. The van der Waals surface area contributed by atoms with Crippen LogP contribution in [-0.2, 0) is 19.6 Å². The van der Waals surface area contributed by atoms with Gasteiger partial charge in [-0.1, -0.05) is 167 Å². The molecule has 3 aromatic heterocycles. The molecular weight excluding hydrogens is 679 g/mol. The molecule has 1 aromatic carbocycles. The van der Waals surface area contributed by atoms with Gasteiger partial charge in [-0.05, 0) is 52.7 Å². The number of unbranched alkanes of at least 4 members (excludes halogenated alkanes) is 21. The summed E-state index contributed by atoms with van der Waals surface area (Å²) in [6.07, 6.45) is 46.3. The van der Waals surface area contributed by atoms with Crippen LogP contribution in [0.4, 0.5) is 0 Å². The molecule has 0 aliphatic heterocycles.